The van der Waals surface area contributed by atoms with E-state index in [4.69, 9.17) is 0 Å². The van der Waals surface area contributed by atoms with Crippen molar-refractivity contribution < 1.29 is 38.7 Å². The fraction of sp³-hybridized carbons (Fsp3) is 0.143. The van der Waals surface area contributed by atoms with Gasteiger partial charge in [-0.15, -0.1) is 0 Å². The average Bonchev–Trinajstić information content (AvgIpc) is 2.02. The maximum Gasteiger partial charge on any atom is 0.240 e. The molecule has 0 N–H and O–H groups in total. The van der Waals surface area contributed by atoms with Gasteiger partial charge in [-0.3, -0.25) is 9.59 Å². The molecule has 65 valence electrons. The van der Waals surface area contributed by atoms with Crippen molar-refractivity contribution in [2.24, 2.45) is 0 Å². The van der Waals surface area contributed by atoms with Crippen molar-refractivity contribution >= 4 is 23.4 Å². The van der Waals surface area contributed by atoms with Crippen LogP contribution >= 0.6 is 0 Å². The third kappa shape index (κ3) is 3.89. The summed E-state index contributed by atoms with van der Waals surface area (Å²) in [5.41, 5.74) is -0.346. The molecule has 4 nitrogen and oxygen atoms in total. The molecular weight excluding hydrogens is 251 g/mol. The molecule has 0 spiro atoms. The zero-order valence-corrected chi connectivity index (χ0v) is 7.68. The van der Waals surface area contributed by atoms with Crippen LogP contribution in [0.25, 0.3) is 0 Å². The molecule has 12 heavy (non-hydrogen) atoms. The number of hydrogen-bond acceptors (Lipinski definition) is 4. The molecule has 0 aliphatic rings. The van der Waals surface area contributed by atoms with Crippen molar-refractivity contribution in [2.45, 2.75) is 6.92 Å². The number of Topliss-reactive ketones (excluding diaryl/α,β-unsaturated/α-hetero) is 1. The van der Waals surface area contributed by atoms with E-state index in [9.17, 15) is 19.2 Å². The Morgan fingerprint density at radius 3 is 2.08 bits per heavy atom. The summed E-state index contributed by atoms with van der Waals surface area (Å²) in [6, 6.07) is 0. The predicted molar refractivity (Wildman–Crippen MR) is 35.2 cm³/mol. The number of carbonyl (C=O) groups is 2. The zero-order valence-electron chi connectivity index (χ0n) is 6.04. The van der Waals surface area contributed by atoms with E-state index in [1.807, 2.05) is 0 Å². The van der Waals surface area contributed by atoms with Gasteiger partial charge in [0.05, 0.1) is 11.6 Å². The van der Waals surface area contributed by atoms with E-state index in [1.165, 1.54) is 5.94 Å². The second-order valence-electron chi connectivity index (χ2n) is 1.68. The Morgan fingerprint density at radius 1 is 1.25 bits per heavy atom. The van der Waals surface area contributed by atoms with Gasteiger partial charge in [0.25, 0.3) is 0 Å². The van der Waals surface area contributed by atoms with Gasteiger partial charge in [0.2, 0.25) is 11.6 Å². The number of allylic oxidation sites excluding steroid dienone is 2. The van der Waals surface area contributed by atoms with Gasteiger partial charge >= 0.3 is 0 Å². The Labute approximate surface area is 81.1 Å². The van der Waals surface area contributed by atoms with Crippen LogP contribution in [0.1, 0.15) is 6.92 Å². The fourth-order valence-corrected chi connectivity index (χ4v) is 0.350. The normalized spacial score (nSPS) is 6.75. The monoisotopic (exact) mass is 255 g/mol. The van der Waals surface area contributed by atoms with Crippen LogP contribution in [-0.2, 0) is 38.7 Å². The molecule has 0 aliphatic heterocycles. The number of carbonyl (C=O) groups excluding carboxylic acids is 4. The molecule has 0 aromatic heterocycles. The first kappa shape index (κ1) is 13.5. The first-order chi connectivity index (χ1) is 5.13. The largest absolute Gasteiger partial charge is 0.285 e. The van der Waals surface area contributed by atoms with E-state index in [2.05, 4.69) is 0 Å². The summed E-state index contributed by atoms with van der Waals surface area (Å²) in [5, 5.41) is 0. The molecule has 1 radical (unpaired) electrons. The van der Waals surface area contributed by atoms with E-state index in [0.717, 1.165) is 12.9 Å². The van der Waals surface area contributed by atoms with Crippen LogP contribution in [-0.4, -0.2) is 23.4 Å². The van der Waals surface area contributed by atoms with E-state index >= 15 is 0 Å². The van der Waals surface area contributed by atoms with E-state index < -0.39 is 11.6 Å². The van der Waals surface area contributed by atoms with Gasteiger partial charge in [-0.2, -0.15) is 0 Å². The molecule has 0 amide bonds. The fourth-order valence-electron chi connectivity index (χ4n) is 0.350. The summed E-state index contributed by atoms with van der Waals surface area (Å²) in [4.78, 5) is 40.5. The van der Waals surface area contributed by atoms with Crippen LogP contribution in [0.4, 0.5) is 0 Å². The Balaban J connectivity index is 0. The summed E-state index contributed by atoms with van der Waals surface area (Å²) in [6.45, 7) is 1.14. The minimum absolute atomic E-state index is 0. The van der Waals surface area contributed by atoms with E-state index in [-0.39, 0.29) is 25.1 Å². The Bertz CT molecular complexity index is 293. The third-order valence-corrected chi connectivity index (χ3v) is 0.907. The Kier molecular flexibility index (Phi) is 7.36. The van der Waals surface area contributed by atoms with Crippen LogP contribution in [0, 0.1) is 0 Å². The molecule has 0 saturated heterocycles. The van der Waals surface area contributed by atoms with Gasteiger partial charge in [0, 0.05) is 19.5 Å². The standard InChI is InChI=1S/C7H4O4.Rh/c1-5(4-9)7(11)6(10)2-3-8;/h2H,1H3;. The summed E-state index contributed by atoms with van der Waals surface area (Å²) < 4.78 is 0. The Morgan fingerprint density at radius 2 is 1.75 bits per heavy atom. The smallest absolute Gasteiger partial charge is 0.240 e. The van der Waals surface area contributed by atoms with Gasteiger partial charge in [0.15, 0.2) is 0 Å². The second-order valence-corrected chi connectivity index (χ2v) is 1.68. The van der Waals surface area contributed by atoms with Gasteiger partial charge in [0.1, 0.15) is 11.9 Å². The van der Waals surface area contributed by atoms with Crippen molar-refractivity contribution in [3.63, 3.8) is 0 Å². The van der Waals surface area contributed by atoms with Gasteiger partial charge in [-0.25, -0.2) is 9.59 Å². The topological polar surface area (TPSA) is 68.3 Å². The molecular formula is C7H4O4Rh. The molecule has 0 heterocycles. The van der Waals surface area contributed by atoms with Gasteiger partial charge < -0.3 is 0 Å². The van der Waals surface area contributed by atoms with Crippen LogP contribution in [0.3, 0.4) is 0 Å². The molecule has 0 bridgehead atoms. The summed E-state index contributed by atoms with van der Waals surface area (Å²) >= 11 is 0. The molecule has 0 rings (SSSR count). The quantitative estimate of drug-likeness (QED) is 0.289. The molecule has 5 heteroatoms. The van der Waals surface area contributed by atoms with Crippen molar-refractivity contribution in [3.05, 3.63) is 11.6 Å². The molecule has 0 saturated carbocycles. The first-order valence-corrected chi connectivity index (χ1v) is 2.64. The molecule has 0 fully saturated rings. The third-order valence-electron chi connectivity index (χ3n) is 0.907. The molecule has 0 aliphatic carbocycles. The van der Waals surface area contributed by atoms with Crippen molar-refractivity contribution in [2.75, 3.05) is 0 Å². The first-order valence-electron chi connectivity index (χ1n) is 2.64. The summed E-state index contributed by atoms with van der Waals surface area (Å²) in [6.07, 6.45) is 0.434. The molecule has 0 aromatic carbocycles. The molecule has 0 aromatic rings. The van der Waals surface area contributed by atoms with E-state index in [0.29, 0.717) is 6.08 Å². The van der Waals surface area contributed by atoms with Crippen molar-refractivity contribution in [1.29, 1.82) is 0 Å². The number of ketones is 2. The minimum atomic E-state index is -1.05. The minimum Gasteiger partial charge on any atom is -0.285 e. The predicted octanol–water partition coefficient (Wildman–Crippen LogP) is -0.712. The summed E-state index contributed by atoms with van der Waals surface area (Å²) in [7, 11) is 0. The number of rotatable bonds is 3. The summed E-state index contributed by atoms with van der Waals surface area (Å²) in [5.74, 6) is 0.310. The van der Waals surface area contributed by atoms with E-state index in [1.54, 1.807) is 0 Å². The van der Waals surface area contributed by atoms with Crippen molar-refractivity contribution in [3.8, 4) is 0 Å². The maximum absolute atomic E-state index is 10.6. The average molecular weight is 255 g/mol. The Hall–Kier alpha value is -1.14. The van der Waals surface area contributed by atoms with Crippen LogP contribution in [0.15, 0.2) is 11.6 Å². The SMILES string of the molecule is CC(=C=O)C(=O)C(=O)C=C=O.[Rh]. The van der Waals surface area contributed by atoms with Gasteiger partial charge in [-0.1, -0.05) is 0 Å². The maximum atomic E-state index is 10.6. The van der Waals surface area contributed by atoms with Crippen molar-refractivity contribution in [1.82, 2.24) is 0 Å². The number of hydrogen-bond donors (Lipinski definition) is 0. The van der Waals surface area contributed by atoms with Crippen LogP contribution < -0.4 is 0 Å². The molecule has 0 atom stereocenters. The second kappa shape index (κ2) is 6.57. The zero-order chi connectivity index (χ0) is 8.85. The van der Waals surface area contributed by atoms with Gasteiger partial charge in [-0.05, 0) is 6.92 Å². The molecule has 0 unspecified atom stereocenters. The van der Waals surface area contributed by atoms with Crippen LogP contribution in [0.5, 0.6) is 0 Å². The van der Waals surface area contributed by atoms with Crippen LogP contribution in [0.2, 0.25) is 0 Å².